The smallest absolute Gasteiger partial charge is 0.426 e. The van der Waals surface area contributed by atoms with Crippen molar-refractivity contribution >= 4 is 13.0 Å². The van der Waals surface area contributed by atoms with E-state index in [0.717, 1.165) is 19.3 Å². The Bertz CT molecular complexity index is 421. The molecule has 0 bridgehead atoms. The summed E-state index contributed by atoms with van der Waals surface area (Å²) < 4.78 is 0. The minimum atomic E-state index is -1.48. The second-order valence-corrected chi connectivity index (χ2v) is 7.70. The van der Waals surface area contributed by atoms with Gasteiger partial charge in [-0.05, 0) is 45.4 Å². The van der Waals surface area contributed by atoms with Gasteiger partial charge in [0.05, 0.1) is 12.0 Å². The van der Waals surface area contributed by atoms with Crippen LogP contribution < -0.4 is 10.6 Å². The number of nitrogens with zero attached hydrogens (tertiary/aromatic N) is 1. The van der Waals surface area contributed by atoms with Gasteiger partial charge in [-0.15, -0.1) is 0 Å². The third-order valence-electron chi connectivity index (χ3n) is 5.58. The minimum absolute atomic E-state index is 0.0463. The molecule has 2 fully saturated rings. The Balaban J connectivity index is 1.72. The molecule has 5 N–H and O–H groups in total. The Morgan fingerprint density at radius 1 is 1.16 bits per heavy atom. The molecule has 2 aliphatic rings. The molecule has 4 atom stereocenters. The SMILES string of the molecule is C[C@H](NC[C@H](C)NC(O)C1CCCCC1)C(=O)N1CCC[C@H]1B(O)O. The number of likely N-dealkylation sites (tertiary alicyclic amines) is 1. The summed E-state index contributed by atoms with van der Waals surface area (Å²) in [7, 11) is -1.48. The lowest BCUT2D eigenvalue weighted by Crippen LogP contribution is -2.54. The Morgan fingerprint density at radius 3 is 2.48 bits per heavy atom. The van der Waals surface area contributed by atoms with Crippen LogP contribution in [0, 0.1) is 5.92 Å². The van der Waals surface area contributed by atoms with Gasteiger partial charge in [0.2, 0.25) is 5.91 Å². The first kappa shape index (κ1) is 20.6. The molecule has 0 aromatic rings. The first-order valence-electron chi connectivity index (χ1n) is 9.74. The van der Waals surface area contributed by atoms with E-state index in [4.69, 9.17) is 0 Å². The predicted octanol–water partition coefficient (Wildman–Crippen LogP) is -0.156. The van der Waals surface area contributed by atoms with Crippen molar-refractivity contribution in [2.24, 2.45) is 5.92 Å². The molecule has 0 radical (unpaired) electrons. The number of aliphatic hydroxyl groups is 1. The van der Waals surface area contributed by atoms with Gasteiger partial charge in [0, 0.05) is 19.1 Å². The van der Waals surface area contributed by atoms with Crippen molar-refractivity contribution < 1.29 is 19.9 Å². The second kappa shape index (κ2) is 9.87. The fourth-order valence-corrected chi connectivity index (χ4v) is 4.00. The lowest BCUT2D eigenvalue weighted by atomic mass is 9.78. The number of hydrogen-bond donors (Lipinski definition) is 5. The largest absolute Gasteiger partial charge is 0.475 e. The van der Waals surface area contributed by atoms with Crippen molar-refractivity contribution in [1.29, 1.82) is 0 Å². The van der Waals surface area contributed by atoms with Crippen molar-refractivity contribution in [2.45, 2.75) is 83.0 Å². The number of rotatable bonds is 8. The standard InChI is InChI=1S/C17H34BN3O4/c1-12(20-16(22)14-7-4-3-5-8-14)11-19-13(2)17(23)21-10-6-9-15(21)18(24)25/h12-16,19-20,22,24-25H,3-11H2,1-2H3/t12-,13-,15-,16?/m0/s1. The Hall–Kier alpha value is -0.665. The molecule has 0 spiro atoms. The molecule has 1 saturated heterocycles. The van der Waals surface area contributed by atoms with Gasteiger partial charge >= 0.3 is 7.12 Å². The number of nitrogens with one attached hydrogen (secondary N) is 2. The highest BCUT2D eigenvalue weighted by Gasteiger charge is 2.38. The normalized spacial score (nSPS) is 25.6. The van der Waals surface area contributed by atoms with E-state index in [1.807, 2.05) is 6.92 Å². The van der Waals surface area contributed by atoms with E-state index in [1.54, 1.807) is 11.8 Å². The Morgan fingerprint density at radius 2 is 1.84 bits per heavy atom. The van der Waals surface area contributed by atoms with Crippen LogP contribution in [0.25, 0.3) is 0 Å². The maximum absolute atomic E-state index is 12.5. The van der Waals surface area contributed by atoms with Gasteiger partial charge < -0.3 is 25.4 Å². The van der Waals surface area contributed by atoms with Crippen LogP contribution in [-0.2, 0) is 4.79 Å². The van der Waals surface area contributed by atoms with Crippen molar-refractivity contribution in [3.05, 3.63) is 0 Å². The first-order valence-corrected chi connectivity index (χ1v) is 9.74. The number of carbonyl (C=O) groups excluding carboxylic acids is 1. The maximum Gasteiger partial charge on any atom is 0.475 e. The van der Waals surface area contributed by atoms with Crippen LogP contribution in [0.15, 0.2) is 0 Å². The average Bonchev–Trinajstić information content (AvgIpc) is 3.09. The van der Waals surface area contributed by atoms with Crippen molar-refractivity contribution in [3.63, 3.8) is 0 Å². The first-order chi connectivity index (χ1) is 11.9. The molecule has 7 nitrogen and oxygen atoms in total. The van der Waals surface area contributed by atoms with E-state index >= 15 is 0 Å². The van der Waals surface area contributed by atoms with E-state index in [0.29, 0.717) is 25.4 Å². The summed E-state index contributed by atoms with van der Waals surface area (Å²) in [5, 5.41) is 35.5. The van der Waals surface area contributed by atoms with Crippen LogP contribution in [0.1, 0.15) is 58.8 Å². The molecular formula is C17H34BN3O4. The predicted molar refractivity (Wildman–Crippen MR) is 97.6 cm³/mol. The molecule has 0 aromatic carbocycles. The van der Waals surface area contributed by atoms with E-state index in [9.17, 15) is 19.9 Å². The quantitative estimate of drug-likeness (QED) is 0.306. The Labute approximate surface area is 151 Å². The zero-order chi connectivity index (χ0) is 18.4. The van der Waals surface area contributed by atoms with E-state index in [2.05, 4.69) is 10.6 Å². The number of aliphatic hydroxyl groups excluding tert-OH is 1. The molecule has 1 amide bonds. The van der Waals surface area contributed by atoms with Crippen LogP contribution in [-0.4, -0.2) is 70.4 Å². The van der Waals surface area contributed by atoms with Gasteiger partial charge in [-0.25, -0.2) is 0 Å². The summed E-state index contributed by atoms with van der Waals surface area (Å²) in [6.07, 6.45) is 6.72. The maximum atomic E-state index is 12.5. The van der Waals surface area contributed by atoms with Crippen LogP contribution in [0.4, 0.5) is 0 Å². The van der Waals surface area contributed by atoms with Gasteiger partial charge in [-0.2, -0.15) is 0 Å². The van der Waals surface area contributed by atoms with Gasteiger partial charge in [0.1, 0.15) is 6.23 Å². The van der Waals surface area contributed by atoms with E-state index in [-0.39, 0.29) is 11.9 Å². The highest BCUT2D eigenvalue weighted by Crippen LogP contribution is 2.25. The molecule has 1 aliphatic carbocycles. The second-order valence-electron chi connectivity index (χ2n) is 7.70. The molecule has 2 rings (SSSR count). The van der Waals surface area contributed by atoms with Gasteiger partial charge in [-0.1, -0.05) is 19.3 Å². The molecule has 1 saturated carbocycles. The molecule has 1 aliphatic heterocycles. The van der Waals surface area contributed by atoms with Gasteiger partial charge in [0.25, 0.3) is 0 Å². The van der Waals surface area contributed by atoms with Crippen LogP contribution in [0.2, 0.25) is 0 Å². The zero-order valence-corrected chi connectivity index (χ0v) is 15.5. The van der Waals surface area contributed by atoms with Crippen LogP contribution in [0.5, 0.6) is 0 Å². The van der Waals surface area contributed by atoms with Crippen molar-refractivity contribution in [3.8, 4) is 0 Å². The Kier molecular flexibility index (Phi) is 8.15. The molecule has 1 unspecified atom stereocenters. The van der Waals surface area contributed by atoms with E-state index < -0.39 is 25.3 Å². The third kappa shape index (κ3) is 5.93. The summed E-state index contributed by atoms with van der Waals surface area (Å²) in [6.45, 7) is 4.93. The third-order valence-corrected chi connectivity index (χ3v) is 5.58. The van der Waals surface area contributed by atoms with Crippen LogP contribution in [0.3, 0.4) is 0 Å². The molecule has 1 heterocycles. The molecule has 8 heteroatoms. The summed E-state index contributed by atoms with van der Waals surface area (Å²) >= 11 is 0. The fourth-order valence-electron chi connectivity index (χ4n) is 4.00. The minimum Gasteiger partial charge on any atom is -0.426 e. The monoisotopic (exact) mass is 355 g/mol. The number of hydrogen-bond acceptors (Lipinski definition) is 6. The molecule has 144 valence electrons. The molecule has 0 aromatic heterocycles. The van der Waals surface area contributed by atoms with Crippen LogP contribution >= 0.6 is 0 Å². The summed E-state index contributed by atoms with van der Waals surface area (Å²) in [5.41, 5.74) is 0. The van der Waals surface area contributed by atoms with Crippen molar-refractivity contribution in [2.75, 3.05) is 13.1 Å². The summed E-state index contributed by atoms with van der Waals surface area (Å²) in [6, 6.07) is -0.347. The number of carbonyl (C=O) groups is 1. The zero-order valence-electron chi connectivity index (χ0n) is 15.5. The fraction of sp³-hybridized carbons (Fsp3) is 0.941. The molecular weight excluding hydrogens is 321 g/mol. The lowest BCUT2D eigenvalue weighted by Gasteiger charge is -2.31. The van der Waals surface area contributed by atoms with Gasteiger partial charge in [-0.3, -0.25) is 10.1 Å². The van der Waals surface area contributed by atoms with E-state index in [1.165, 1.54) is 19.3 Å². The average molecular weight is 355 g/mol. The number of amides is 1. The summed E-state index contributed by atoms with van der Waals surface area (Å²) in [5.74, 6) is -0.275. The van der Waals surface area contributed by atoms with Gasteiger partial charge in [0.15, 0.2) is 0 Å². The topological polar surface area (TPSA) is 105 Å². The van der Waals surface area contributed by atoms with Crippen molar-refractivity contribution in [1.82, 2.24) is 15.5 Å². The highest BCUT2D eigenvalue weighted by molar-refractivity contribution is 6.43. The summed E-state index contributed by atoms with van der Waals surface area (Å²) in [4.78, 5) is 14.1. The molecule has 25 heavy (non-hydrogen) atoms. The lowest BCUT2D eigenvalue weighted by molar-refractivity contribution is -0.133. The highest BCUT2D eigenvalue weighted by atomic mass is 16.4.